The van der Waals surface area contributed by atoms with Gasteiger partial charge in [-0.1, -0.05) is 11.6 Å². The third-order valence-corrected chi connectivity index (χ3v) is 5.96. The summed E-state index contributed by atoms with van der Waals surface area (Å²) >= 11 is 8.29. The zero-order valence-corrected chi connectivity index (χ0v) is 15.3. The van der Waals surface area contributed by atoms with Gasteiger partial charge in [0.15, 0.2) is 11.1 Å². The molecule has 7 nitrogen and oxygen atoms in total. The van der Waals surface area contributed by atoms with Gasteiger partial charge in [0.05, 0.1) is 17.7 Å². The molecule has 0 fully saturated rings. The van der Waals surface area contributed by atoms with Crippen LogP contribution in [0.3, 0.4) is 0 Å². The number of hydrogen-bond acceptors (Lipinski definition) is 7. The minimum absolute atomic E-state index is 0.275. The first kappa shape index (κ1) is 19.0. The molecular formula is C13H10ClF3N3O4S2+. The second kappa shape index (κ2) is 6.74. The van der Waals surface area contributed by atoms with E-state index in [1.807, 2.05) is 0 Å². The first-order chi connectivity index (χ1) is 12.1. The molecule has 0 spiro atoms. The first-order valence-corrected chi connectivity index (χ1v) is 9.13. The van der Waals surface area contributed by atoms with Crippen molar-refractivity contribution in [3.63, 3.8) is 0 Å². The van der Waals surface area contributed by atoms with E-state index >= 15 is 0 Å². The molecule has 140 valence electrons. The number of carbonyl (C=O) groups is 2. The zero-order valence-electron chi connectivity index (χ0n) is 12.9. The normalized spacial score (nSPS) is 16.6. The van der Waals surface area contributed by atoms with Gasteiger partial charge >= 0.3 is 29.0 Å². The topological polar surface area (TPSA) is 85.3 Å². The molecule has 2 aromatic rings. The molecule has 2 aromatic heterocycles. The number of thiazole rings is 1. The number of esters is 1. The maximum absolute atomic E-state index is 12.4. The molecule has 0 aliphatic carbocycles. The average molecular weight is 429 g/mol. The van der Waals surface area contributed by atoms with Gasteiger partial charge < -0.3 is 9.84 Å². The Hall–Kier alpha value is -1.79. The molecule has 0 bridgehead atoms. The Bertz CT molecular complexity index is 896. The van der Waals surface area contributed by atoms with Gasteiger partial charge in [-0.05, 0) is 11.8 Å². The Morgan fingerprint density at radius 1 is 1.54 bits per heavy atom. The van der Waals surface area contributed by atoms with Crippen molar-refractivity contribution in [1.82, 2.24) is 9.55 Å². The van der Waals surface area contributed by atoms with Gasteiger partial charge in [0.25, 0.3) is 5.69 Å². The van der Waals surface area contributed by atoms with Crippen molar-refractivity contribution in [2.45, 2.75) is 17.4 Å². The van der Waals surface area contributed by atoms with E-state index in [2.05, 4.69) is 9.72 Å². The van der Waals surface area contributed by atoms with Gasteiger partial charge in [-0.2, -0.15) is 17.7 Å². The van der Waals surface area contributed by atoms with E-state index in [0.29, 0.717) is 15.8 Å². The predicted octanol–water partition coefficient (Wildman–Crippen LogP) is 2.11. The highest BCUT2D eigenvalue weighted by Gasteiger charge is 2.46. The highest BCUT2D eigenvalue weighted by atomic mass is 35.5. The lowest BCUT2D eigenvalue weighted by Crippen LogP contribution is -2.29. The van der Waals surface area contributed by atoms with Crippen LogP contribution < -0.4 is 4.57 Å². The van der Waals surface area contributed by atoms with Crippen LogP contribution in [0.1, 0.15) is 21.4 Å². The summed E-state index contributed by atoms with van der Waals surface area (Å²) in [5, 5.41) is 10.7. The van der Waals surface area contributed by atoms with Crippen LogP contribution in [0, 0.1) is 0 Å². The van der Waals surface area contributed by atoms with Crippen LogP contribution in [0.4, 0.5) is 13.2 Å². The van der Waals surface area contributed by atoms with Crippen LogP contribution >= 0.6 is 34.7 Å². The van der Waals surface area contributed by atoms with Gasteiger partial charge in [0, 0.05) is 6.20 Å². The highest BCUT2D eigenvalue weighted by Crippen LogP contribution is 2.41. The SMILES string of the molecule is C[n+]1c(O)c(C(=O)C(=O)OCC(F)(F)F)n2c1SC[C@@H]2c1cnc(Cl)s1. The Labute approximate surface area is 157 Å². The molecule has 0 amide bonds. The lowest BCUT2D eigenvalue weighted by molar-refractivity contribution is -0.714. The summed E-state index contributed by atoms with van der Waals surface area (Å²) in [6.07, 6.45) is -3.26. The third-order valence-electron chi connectivity index (χ3n) is 3.54. The zero-order chi connectivity index (χ0) is 19.2. The van der Waals surface area contributed by atoms with Crippen molar-refractivity contribution in [3.8, 4) is 5.88 Å². The van der Waals surface area contributed by atoms with Crippen molar-refractivity contribution < 1.29 is 37.2 Å². The predicted molar refractivity (Wildman–Crippen MR) is 84.6 cm³/mol. The third kappa shape index (κ3) is 3.40. The Morgan fingerprint density at radius 3 is 2.81 bits per heavy atom. The monoisotopic (exact) mass is 428 g/mol. The molecule has 26 heavy (non-hydrogen) atoms. The molecule has 0 unspecified atom stereocenters. The molecule has 1 aliphatic rings. The van der Waals surface area contributed by atoms with Crippen molar-refractivity contribution in [1.29, 1.82) is 0 Å². The van der Waals surface area contributed by atoms with E-state index < -0.39 is 42.2 Å². The minimum atomic E-state index is -4.76. The van der Waals surface area contributed by atoms with E-state index in [1.54, 1.807) is 0 Å². The number of aromatic hydroxyl groups is 1. The Kier molecular flexibility index (Phi) is 4.92. The summed E-state index contributed by atoms with van der Waals surface area (Å²) in [5.74, 6) is -3.13. The summed E-state index contributed by atoms with van der Waals surface area (Å²) in [6.45, 7) is -1.89. The summed E-state index contributed by atoms with van der Waals surface area (Å²) in [5.41, 5.74) is -0.436. The van der Waals surface area contributed by atoms with Crippen molar-refractivity contribution in [3.05, 3.63) is 21.2 Å². The summed E-state index contributed by atoms with van der Waals surface area (Å²) in [4.78, 5) is 28.7. The fourth-order valence-corrected chi connectivity index (χ4v) is 4.87. The Morgan fingerprint density at radius 2 is 2.23 bits per heavy atom. The van der Waals surface area contributed by atoms with Gasteiger partial charge in [-0.25, -0.2) is 14.3 Å². The first-order valence-electron chi connectivity index (χ1n) is 6.95. The molecule has 0 aromatic carbocycles. The summed E-state index contributed by atoms with van der Waals surface area (Å²) in [7, 11) is 1.47. The number of imidazole rings is 1. The molecule has 1 N–H and O–H groups in total. The number of carbonyl (C=O) groups excluding carboxylic acids is 2. The van der Waals surface area contributed by atoms with Gasteiger partial charge in [-0.3, -0.25) is 4.79 Å². The lowest BCUT2D eigenvalue weighted by Gasteiger charge is -2.08. The number of Topliss-reactive ketones (excluding diaryl/α,β-unsaturated/α-hetero) is 1. The molecule has 0 saturated carbocycles. The fourth-order valence-electron chi connectivity index (χ4n) is 2.45. The molecule has 13 heteroatoms. The maximum atomic E-state index is 12.4. The molecule has 1 aliphatic heterocycles. The lowest BCUT2D eigenvalue weighted by atomic mass is 10.2. The van der Waals surface area contributed by atoms with Crippen LogP contribution in [0.2, 0.25) is 4.47 Å². The highest BCUT2D eigenvalue weighted by molar-refractivity contribution is 7.99. The van der Waals surface area contributed by atoms with Gasteiger partial charge in [-0.15, -0.1) is 11.3 Å². The van der Waals surface area contributed by atoms with E-state index in [1.165, 1.54) is 34.1 Å². The van der Waals surface area contributed by atoms with E-state index in [-0.39, 0.29) is 4.47 Å². The second-order valence-corrected chi connectivity index (χ2v) is 7.88. The quantitative estimate of drug-likeness (QED) is 0.347. The van der Waals surface area contributed by atoms with E-state index in [0.717, 1.165) is 11.3 Å². The molecule has 0 radical (unpaired) electrons. The maximum Gasteiger partial charge on any atom is 0.422 e. The van der Waals surface area contributed by atoms with Crippen molar-refractivity contribution in [2.24, 2.45) is 7.05 Å². The number of halogens is 4. The summed E-state index contributed by atoms with van der Waals surface area (Å²) < 4.78 is 43.6. The number of alkyl halides is 3. The molecule has 0 saturated heterocycles. The van der Waals surface area contributed by atoms with E-state index in [4.69, 9.17) is 11.6 Å². The number of ketones is 1. The number of nitrogens with zero attached hydrogens (tertiary/aromatic N) is 3. The Balaban J connectivity index is 1.97. The number of hydrogen-bond donors (Lipinski definition) is 1. The molecule has 3 heterocycles. The minimum Gasteiger partial charge on any atom is -0.475 e. The van der Waals surface area contributed by atoms with Crippen LogP contribution in [0.25, 0.3) is 0 Å². The van der Waals surface area contributed by atoms with Crippen LogP contribution in [-0.2, 0) is 16.6 Å². The van der Waals surface area contributed by atoms with Crippen molar-refractivity contribution >= 4 is 46.5 Å². The standard InChI is InChI=1S/C13H9ClF3N3O4S2/c1-19-9(22)7(8(21)10(23)24-4-13(15,16)17)20-5(3-25-12(19)20)6-2-18-11(14)26-6/h2,5H,3-4H2,1H3/p+1/t5-/m1/s1. The molecule has 1 atom stereocenters. The fraction of sp³-hybridized carbons (Fsp3) is 0.385. The number of fused-ring (bicyclic) bond motifs is 1. The molecular weight excluding hydrogens is 419 g/mol. The summed E-state index contributed by atoms with van der Waals surface area (Å²) in [6, 6.07) is -0.457. The van der Waals surface area contributed by atoms with Crippen LogP contribution in [0.5, 0.6) is 5.88 Å². The van der Waals surface area contributed by atoms with Crippen molar-refractivity contribution in [2.75, 3.05) is 12.4 Å². The molecule has 3 rings (SSSR count). The largest absolute Gasteiger partial charge is 0.475 e. The number of ether oxygens (including phenoxy) is 1. The van der Waals surface area contributed by atoms with Gasteiger partial charge in [0.2, 0.25) is 0 Å². The number of rotatable bonds is 4. The average Bonchev–Trinajstić information content (AvgIpc) is 3.22. The van der Waals surface area contributed by atoms with Crippen LogP contribution in [-0.4, -0.2) is 44.9 Å². The van der Waals surface area contributed by atoms with Gasteiger partial charge in [0.1, 0.15) is 6.04 Å². The smallest absolute Gasteiger partial charge is 0.422 e. The number of thioether (sulfide) groups is 1. The van der Waals surface area contributed by atoms with E-state index in [9.17, 15) is 27.9 Å². The second-order valence-electron chi connectivity index (χ2n) is 5.25. The van der Waals surface area contributed by atoms with Crippen LogP contribution in [0.15, 0.2) is 11.4 Å². The number of aromatic nitrogens is 3.